The number of rotatable bonds is 3. The van der Waals surface area contributed by atoms with Gasteiger partial charge in [-0.2, -0.15) is 0 Å². The summed E-state index contributed by atoms with van der Waals surface area (Å²) in [5.41, 5.74) is 2.63. The number of benzene rings is 1. The van der Waals surface area contributed by atoms with Crippen LogP contribution in [0.3, 0.4) is 0 Å². The highest BCUT2D eigenvalue weighted by Gasteiger charge is 2.27. The van der Waals surface area contributed by atoms with E-state index in [4.69, 9.17) is 0 Å². The lowest BCUT2D eigenvalue weighted by atomic mass is 10.0. The number of nitrogens with zero attached hydrogens (tertiary/aromatic N) is 3. The minimum absolute atomic E-state index is 0.515. The Labute approximate surface area is 116 Å². The van der Waals surface area contributed by atoms with Crippen molar-refractivity contribution in [2.75, 3.05) is 0 Å². The molecule has 100 valence electrons. The van der Waals surface area contributed by atoms with Crippen molar-refractivity contribution in [1.29, 1.82) is 0 Å². The Morgan fingerprint density at radius 1 is 1.25 bits per heavy atom. The van der Waals surface area contributed by atoms with Crippen molar-refractivity contribution in [3.63, 3.8) is 0 Å². The molecule has 4 rings (SSSR count). The fourth-order valence-electron chi connectivity index (χ4n) is 2.61. The first-order chi connectivity index (χ1) is 9.83. The summed E-state index contributed by atoms with van der Waals surface area (Å²) in [6.45, 7) is 0. The number of hydrogen-bond acceptors (Lipinski definition) is 3. The molecule has 20 heavy (non-hydrogen) atoms. The number of imidazole rings is 1. The molecule has 1 atom stereocenters. The smallest absolute Gasteiger partial charge is 0.121 e. The summed E-state index contributed by atoms with van der Waals surface area (Å²) in [5.74, 6) is 0. The maximum absolute atomic E-state index is 10.6. The second-order valence-corrected chi connectivity index (χ2v) is 5.32. The Morgan fingerprint density at radius 2 is 2.15 bits per heavy atom. The zero-order chi connectivity index (χ0) is 13.5. The van der Waals surface area contributed by atoms with Gasteiger partial charge in [0.1, 0.15) is 6.10 Å². The van der Waals surface area contributed by atoms with Crippen molar-refractivity contribution < 1.29 is 5.11 Å². The first kappa shape index (κ1) is 11.6. The molecular weight excluding hydrogens is 250 g/mol. The van der Waals surface area contributed by atoms with Crippen LogP contribution in [0.2, 0.25) is 0 Å². The van der Waals surface area contributed by atoms with Crippen LogP contribution < -0.4 is 0 Å². The minimum atomic E-state index is -0.649. The zero-order valence-corrected chi connectivity index (χ0v) is 11.0. The van der Waals surface area contributed by atoms with E-state index in [0.29, 0.717) is 6.04 Å². The summed E-state index contributed by atoms with van der Waals surface area (Å²) in [6.07, 6.45) is 7.04. The van der Waals surface area contributed by atoms with E-state index < -0.39 is 6.10 Å². The maximum Gasteiger partial charge on any atom is 0.121 e. The quantitative estimate of drug-likeness (QED) is 0.792. The normalized spacial score (nSPS) is 16.4. The average Bonchev–Trinajstić information content (AvgIpc) is 3.23. The molecule has 1 aliphatic rings. The Kier molecular flexibility index (Phi) is 2.57. The molecule has 0 saturated heterocycles. The van der Waals surface area contributed by atoms with Crippen molar-refractivity contribution in [2.24, 2.45) is 0 Å². The van der Waals surface area contributed by atoms with Gasteiger partial charge >= 0.3 is 0 Å². The van der Waals surface area contributed by atoms with E-state index in [2.05, 4.69) is 14.5 Å². The largest absolute Gasteiger partial charge is 0.382 e. The van der Waals surface area contributed by atoms with Gasteiger partial charge in [-0.3, -0.25) is 4.98 Å². The van der Waals surface area contributed by atoms with Crippen molar-refractivity contribution in [1.82, 2.24) is 14.5 Å². The van der Waals surface area contributed by atoms with Gasteiger partial charge in [-0.05, 0) is 30.5 Å². The third-order valence-corrected chi connectivity index (χ3v) is 3.86. The zero-order valence-electron chi connectivity index (χ0n) is 11.0. The Balaban J connectivity index is 1.75. The first-order valence-corrected chi connectivity index (χ1v) is 6.87. The van der Waals surface area contributed by atoms with E-state index in [0.717, 1.165) is 22.2 Å². The molecule has 4 nitrogen and oxygen atoms in total. The van der Waals surface area contributed by atoms with Gasteiger partial charge in [-0.25, -0.2) is 4.98 Å². The average molecular weight is 265 g/mol. The van der Waals surface area contributed by atoms with Crippen molar-refractivity contribution >= 4 is 10.9 Å². The Morgan fingerprint density at radius 3 is 3.00 bits per heavy atom. The van der Waals surface area contributed by atoms with Crippen LogP contribution >= 0.6 is 0 Å². The van der Waals surface area contributed by atoms with Gasteiger partial charge in [0.25, 0.3) is 0 Å². The Hall–Kier alpha value is -2.20. The summed E-state index contributed by atoms with van der Waals surface area (Å²) in [6, 6.07) is 10.4. The van der Waals surface area contributed by atoms with Gasteiger partial charge in [-0.1, -0.05) is 18.2 Å². The van der Waals surface area contributed by atoms with E-state index in [9.17, 15) is 5.11 Å². The fourth-order valence-corrected chi connectivity index (χ4v) is 2.61. The van der Waals surface area contributed by atoms with Crippen LogP contribution in [0.1, 0.15) is 36.2 Å². The van der Waals surface area contributed by atoms with Crippen LogP contribution in [-0.4, -0.2) is 19.6 Å². The van der Waals surface area contributed by atoms with Crippen LogP contribution in [-0.2, 0) is 0 Å². The van der Waals surface area contributed by atoms with Crippen LogP contribution in [0, 0.1) is 0 Å². The molecule has 4 heteroatoms. The number of hydrogen-bond donors (Lipinski definition) is 1. The molecule has 0 spiro atoms. The lowest BCUT2D eigenvalue weighted by Crippen LogP contribution is -2.07. The summed E-state index contributed by atoms with van der Waals surface area (Å²) in [5, 5.41) is 11.7. The standard InChI is InChI=1S/C16H15N3O/c20-16(15-9-17-10-19(15)13-5-6-13)12-4-3-11-2-1-7-18-14(11)8-12/h1-4,7-10,13,16,20H,5-6H2. The third-order valence-electron chi connectivity index (χ3n) is 3.86. The lowest BCUT2D eigenvalue weighted by Gasteiger charge is -2.14. The second kappa shape index (κ2) is 4.42. The number of aliphatic hydroxyl groups is 1. The SMILES string of the molecule is OC(c1ccc2cccnc2c1)c1cncn1C1CC1. The predicted molar refractivity (Wildman–Crippen MR) is 76.3 cm³/mol. The maximum atomic E-state index is 10.6. The number of fused-ring (bicyclic) bond motifs is 1. The molecule has 0 aliphatic heterocycles. The fraction of sp³-hybridized carbons (Fsp3) is 0.250. The molecule has 2 aromatic heterocycles. The van der Waals surface area contributed by atoms with Crippen LogP contribution in [0.25, 0.3) is 10.9 Å². The Bertz CT molecular complexity index is 761. The number of aromatic nitrogens is 3. The van der Waals surface area contributed by atoms with Crippen LogP contribution in [0.5, 0.6) is 0 Å². The summed E-state index contributed by atoms with van der Waals surface area (Å²) in [4.78, 5) is 8.52. The molecule has 1 saturated carbocycles. The molecule has 0 radical (unpaired) electrons. The summed E-state index contributed by atoms with van der Waals surface area (Å²) in [7, 11) is 0. The highest BCUT2D eigenvalue weighted by atomic mass is 16.3. The van der Waals surface area contributed by atoms with Crippen molar-refractivity contribution in [3.8, 4) is 0 Å². The lowest BCUT2D eigenvalue weighted by molar-refractivity contribution is 0.210. The van der Waals surface area contributed by atoms with E-state index >= 15 is 0 Å². The summed E-state index contributed by atoms with van der Waals surface area (Å²) >= 11 is 0. The van der Waals surface area contributed by atoms with Gasteiger partial charge in [0, 0.05) is 17.6 Å². The van der Waals surface area contributed by atoms with Crippen molar-refractivity contribution in [2.45, 2.75) is 25.0 Å². The number of aliphatic hydroxyl groups excluding tert-OH is 1. The molecule has 3 aromatic rings. The number of pyridine rings is 1. The van der Waals surface area contributed by atoms with Gasteiger partial charge in [-0.15, -0.1) is 0 Å². The molecule has 1 N–H and O–H groups in total. The molecule has 1 aliphatic carbocycles. The van der Waals surface area contributed by atoms with E-state index in [1.807, 2.05) is 36.7 Å². The molecule has 0 bridgehead atoms. The van der Waals surface area contributed by atoms with Gasteiger partial charge in [0.05, 0.1) is 23.7 Å². The van der Waals surface area contributed by atoms with E-state index in [1.54, 1.807) is 12.4 Å². The monoisotopic (exact) mass is 265 g/mol. The summed E-state index contributed by atoms with van der Waals surface area (Å²) < 4.78 is 2.09. The van der Waals surface area contributed by atoms with E-state index in [-0.39, 0.29) is 0 Å². The molecule has 1 aromatic carbocycles. The minimum Gasteiger partial charge on any atom is -0.382 e. The molecular formula is C16H15N3O. The predicted octanol–water partition coefficient (Wildman–Crippen LogP) is 2.85. The third kappa shape index (κ3) is 1.89. The van der Waals surface area contributed by atoms with Crippen LogP contribution in [0.4, 0.5) is 0 Å². The molecule has 2 heterocycles. The first-order valence-electron chi connectivity index (χ1n) is 6.87. The van der Waals surface area contributed by atoms with Gasteiger partial charge in [0.2, 0.25) is 0 Å². The van der Waals surface area contributed by atoms with Gasteiger partial charge < -0.3 is 9.67 Å². The highest BCUT2D eigenvalue weighted by Crippen LogP contribution is 2.38. The highest BCUT2D eigenvalue weighted by molar-refractivity contribution is 5.79. The van der Waals surface area contributed by atoms with Crippen molar-refractivity contribution in [3.05, 3.63) is 60.3 Å². The topological polar surface area (TPSA) is 50.9 Å². The second-order valence-electron chi connectivity index (χ2n) is 5.32. The van der Waals surface area contributed by atoms with Gasteiger partial charge in [0.15, 0.2) is 0 Å². The van der Waals surface area contributed by atoms with E-state index in [1.165, 1.54) is 12.8 Å². The van der Waals surface area contributed by atoms with Crippen LogP contribution in [0.15, 0.2) is 49.1 Å². The molecule has 1 unspecified atom stereocenters. The molecule has 0 amide bonds. The molecule has 1 fully saturated rings.